The van der Waals surface area contributed by atoms with Gasteiger partial charge in [0.25, 0.3) is 0 Å². The molecule has 1 fully saturated rings. The number of carbonyl (C=O) groups excluding carboxylic acids is 1. The lowest BCUT2D eigenvalue weighted by atomic mass is 10.2. The Bertz CT molecular complexity index is 882. The number of aliphatic hydroxyl groups excluding tert-OH is 1. The molecule has 1 amide bonds. The zero-order valence-electron chi connectivity index (χ0n) is 18.0. The molecule has 0 saturated carbocycles. The number of nitrogens with zero attached hydrogens (tertiary/aromatic N) is 2. The molecule has 0 radical (unpaired) electrons. The fraction of sp³-hybridized carbons (Fsp3) is 0.500. The number of furan rings is 1. The van der Waals surface area contributed by atoms with Crippen molar-refractivity contribution < 1.29 is 37.0 Å². The van der Waals surface area contributed by atoms with Crippen molar-refractivity contribution in [3.05, 3.63) is 53.5 Å². The summed E-state index contributed by atoms with van der Waals surface area (Å²) in [5, 5.41) is 9.18. The smallest absolute Gasteiger partial charge is 0.462 e. The molecule has 1 aromatic carbocycles. The Morgan fingerprint density at radius 1 is 1.12 bits per heavy atom. The Morgan fingerprint density at radius 2 is 1.81 bits per heavy atom. The minimum Gasteiger partial charge on any atom is -0.462 e. The monoisotopic (exact) mass is 456 g/mol. The molecule has 7 nitrogen and oxygen atoms in total. The van der Waals surface area contributed by atoms with E-state index in [-0.39, 0.29) is 43.6 Å². The van der Waals surface area contributed by atoms with Crippen LogP contribution in [0.25, 0.3) is 0 Å². The van der Waals surface area contributed by atoms with Crippen molar-refractivity contribution in [3.63, 3.8) is 0 Å². The van der Waals surface area contributed by atoms with Crippen LogP contribution in [0.4, 0.5) is 13.2 Å². The molecular formula is C22H27F3N2O5. The van der Waals surface area contributed by atoms with Gasteiger partial charge in [0.05, 0.1) is 25.8 Å². The number of benzene rings is 1. The number of hydrogen-bond donors (Lipinski definition) is 1. The molecule has 0 spiro atoms. The van der Waals surface area contributed by atoms with Gasteiger partial charge in [-0.2, -0.15) is 0 Å². The van der Waals surface area contributed by atoms with Crippen LogP contribution in [0.3, 0.4) is 0 Å². The highest BCUT2D eigenvalue weighted by Crippen LogP contribution is 2.23. The van der Waals surface area contributed by atoms with Gasteiger partial charge in [-0.3, -0.25) is 9.69 Å². The van der Waals surface area contributed by atoms with Crippen LogP contribution < -0.4 is 4.74 Å². The number of hydrogen-bond acceptors (Lipinski definition) is 6. The van der Waals surface area contributed by atoms with Crippen LogP contribution in [-0.4, -0.2) is 59.0 Å². The molecule has 2 heterocycles. The van der Waals surface area contributed by atoms with Crippen molar-refractivity contribution in [2.24, 2.45) is 0 Å². The van der Waals surface area contributed by atoms with Crippen molar-refractivity contribution in [1.29, 1.82) is 0 Å². The summed E-state index contributed by atoms with van der Waals surface area (Å²) in [4.78, 5) is 16.4. The van der Waals surface area contributed by atoms with Crippen LogP contribution in [0.2, 0.25) is 0 Å². The largest absolute Gasteiger partial charge is 0.573 e. The molecular weight excluding hydrogens is 429 g/mol. The lowest BCUT2D eigenvalue weighted by Gasteiger charge is -2.27. The van der Waals surface area contributed by atoms with E-state index in [0.717, 1.165) is 0 Å². The second-order valence-electron chi connectivity index (χ2n) is 7.96. The van der Waals surface area contributed by atoms with Gasteiger partial charge in [-0.05, 0) is 43.7 Å². The van der Waals surface area contributed by atoms with Gasteiger partial charge in [0.15, 0.2) is 0 Å². The number of aliphatic hydroxyl groups is 1. The number of amides is 1. The standard InChI is InChI=1S/C22H27F3N2O5/c1-15(2)27-11-20(30-14-16-3-5-17(6-4-16)32-22(23,24)25)10-26(12-21(27)29)9-18-7-8-19(13-28)31-18/h3-8,15,20,28H,9-14H2,1-2H3/t20-/m1/s1. The van der Waals surface area contributed by atoms with Gasteiger partial charge in [0, 0.05) is 19.1 Å². The summed E-state index contributed by atoms with van der Waals surface area (Å²) in [6.07, 6.45) is -5.04. The molecule has 1 atom stereocenters. The third-order valence-electron chi connectivity index (χ3n) is 5.06. The van der Waals surface area contributed by atoms with E-state index in [1.165, 1.54) is 24.3 Å². The van der Waals surface area contributed by atoms with E-state index in [9.17, 15) is 23.1 Å². The van der Waals surface area contributed by atoms with Gasteiger partial charge in [0.2, 0.25) is 5.91 Å². The molecule has 1 aliphatic heterocycles. The number of alkyl halides is 3. The first kappa shape index (κ1) is 24.1. The van der Waals surface area contributed by atoms with E-state index in [1.54, 1.807) is 17.0 Å². The molecule has 176 valence electrons. The highest BCUT2D eigenvalue weighted by Gasteiger charge is 2.31. The predicted molar refractivity (Wildman–Crippen MR) is 108 cm³/mol. The summed E-state index contributed by atoms with van der Waals surface area (Å²) < 4.78 is 52.4. The third kappa shape index (κ3) is 6.98. The molecule has 0 bridgehead atoms. The minimum absolute atomic E-state index is 0.00282. The Kier molecular flexibility index (Phi) is 7.81. The van der Waals surface area contributed by atoms with Crippen LogP contribution >= 0.6 is 0 Å². The Morgan fingerprint density at radius 3 is 2.41 bits per heavy atom. The maximum Gasteiger partial charge on any atom is 0.573 e. The van der Waals surface area contributed by atoms with Gasteiger partial charge in [0.1, 0.15) is 23.9 Å². The van der Waals surface area contributed by atoms with Crippen molar-refractivity contribution in [1.82, 2.24) is 9.80 Å². The van der Waals surface area contributed by atoms with Gasteiger partial charge < -0.3 is 23.9 Å². The van der Waals surface area contributed by atoms with E-state index in [1.807, 2.05) is 18.7 Å². The third-order valence-corrected chi connectivity index (χ3v) is 5.06. The van der Waals surface area contributed by atoms with E-state index in [0.29, 0.717) is 36.7 Å². The van der Waals surface area contributed by atoms with Crippen LogP contribution in [0.5, 0.6) is 5.75 Å². The first-order valence-electron chi connectivity index (χ1n) is 10.3. The van der Waals surface area contributed by atoms with E-state index in [4.69, 9.17) is 9.15 Å². The highest BCUT2D eigenvalue weighted by molar-refractivity contribution is 5.78. The van der Waals surface area contributed by atoms with Crippen molar-refractivity contribution in [2.45, 2.75) is 52.1 Å². The van der Waals surface area contributed by atoms with E-state index < -0.39 is 6.36 Å². The zero-order valence-corrected chi connectivity index (χ0v) is 18.0. The zero-order chi connectivity index (χ0) is 23.3. The summed E-state index contributed by atoms with van der Waals surface area (Å²) in [6, 6.07) is 8.96. The average Bonchev–Trinajstić information content (AvgIpc) is 3.10. The summed E-state index contributed by atoms with van der Waals surface area (Å²) in [5.41, 5.74) is 0.691. The minimum atomic E-state index is -4.74. The van der Waals surface area contributed by atoms with Crippen LogP contribution in [-0.2, 0) is 29.3 Å². The van der Waals surface area contributed by atoms with Gasteiger partial charge in [-0.25, -0.2) is 0 Å². The predicted octanol–water partition coefficient (Wildman–Crippen LogP) is 3.31. The average molecular weight is 456 g/mol. The molecule has 10 heteroatoms. The van der Waals surface area contributed by atoms with E-state index in [2.05, 4.69) is 4.74 Å². The number of halogens is 3. The Balaban J connectivity index is 1.65. The normalized spacial score (nSPS) is 18.3. The Labute approximate surface area is 184 Å². The molecule has 3 rings (SSSR count). The second-order valence-corrected chi connectivity index (χ2v) is 7.96. The summed E-state index contributed by atoms with van der Waals surface area (Å²) in [7, 11) is 0. The molecule has 32 heavy (non-hydrogen) atoms. The van der Waals surface area contributed by atoms with Gasteiger partial charge in [-0.15, -0.1) is 13.2 Å². The van der Waals surface area contributed by atoms with Crippen molar-refractivity contribution >= 4 is 5.91 Å². The van der Waals surface area contributed by atoms with Gasteiger partial charge >= 0.3 is 6.36 Å². The molecule has 1 aromatic heterocycles. The molecule has 0 unspecified atom stereocenters. The first-order valence-corrected chi connectivity index (χ1v) is 10.3. The SMILES string of the molecule is CC(C)N1C[C@H](OCc2ccc(OC(F)(F)F)cc2)CN(Cc2ccc(CO)o2)CC1=O. The topological polar surface area (TPSA) is 75.4 Å². The second kappa shape index (κ2) is 10.4. The number of carbonyl (C=O) groups is 1. The molecule has 2 aromatic rings. The van der Waals surface area contributed by atoms with Gasteiger partial charge in [-0.1, -0.05) is 12.1 Å². The van der Waals surface area contributed by atoms with Crippen molar-refractivity contribution in [2.75, 3.05) is 19.6 Å². The van der Waals surface area contributed by atoms with Crippen LogP contribution in [0.15, 0.2) is 40.8 Å². The summed E-state index contributed by atoms with van der Waals surface area (Å²) in [6.45, 7) is 5.33. The van der Waals surface area contributed by atoms with Crippen molar-refractivity contribution in [3.8, 4) is 5.75 Å². The maximum atomic E-state index is 12.7. The fourth-order valence-electron chi connectivity index (χ4n) is 3.55. The quantitative estimate of drug-likeness (QED) is 0.657. The maximum absolute atomic E-state index is 12.7. The number of ether oxygens (including phenoxy) is 2. The molecule has 1 N–H and O–H groups in total. The van der Waals surface area contributed by atoms with Crippen LogP contribution in [0.1, 0.15) is 30.9 Å². The molecule has 1 aliphatic rings. The summed E-state index contributed by atoms with van der Waals surface area (Å²) >= 11 is 0. The lowest BCUT2D eigenvalue weighted by Crippen LogP contribution is -2.42. The van der Waals surface area contributed by atoms with E-state index >= 15 is 0 Å². The van der Waals surface area contributed by atoms with Crippen LogP contribution in [0, 0.1) is 0 Å². The Hall–Kier alpha value is -2.56. The summed E-state index contributed by atoms with van der Waals surface area (Å²) in [5.74, 6) is 0.780. The first-order chi connectivity index (χ1) is 15.1. The fourth-order valence-corrected chi connectivity index (χ4v) is 3.55. The highest BCUT2D eigenvalue weighted by atomic mass is 19.4. The number of rotatable bonds is 8. The molecule has 1 saturated heterocycles. The molecule has 0 aliphatic carbocycles. The lowest BCUT2D eigenvalue weighted by molar-refractivity contribution is -0.274.